The van der Waals surface area contributed by atoms with Crippen LogP contribution < -0.4 is 10.6 Å². The van der Waals surface area contributed by atoms with Crippen LogP contribution in [0.25, 0.3) is 0 Å². The third-order valence-corrected chi connectivity index (χ3v) is 3.27. The Bertz CT molecular complexity index is 440. The molecule has 1 atom stereocenters. The number of nitrogens with two attached hydrogens (primary N) is 1. The number of hydrogen-bond acceptors (Lipinski definition) is 2. The average molecular weight is 232 g/mol. The van der Waals surface area contributed by atoms with Crippen LogP contribution in [0.5, 0.6) is 0 Å². The Morgan fingerprint density at radius 3 is 2.76 bits per heavy atom. The molecule has 1 amide bonds. The van der Waals surface area contributed by atoms with Crippen LogP contribution in [-0.2, 0) is 4.79 Å². The summed E-state index contributed by atoms with van der Waals surface area (Å²) in [4.78, 5) is 13.9. The van der Waals surface area contributed by atoms with Crippen LogP contribution in [0, 0.1) is 12.8 Å². The molecule has 1 aliphatic rings. The number of aryl methyl sites for hydroxylation is 1. The minimum Gasteiger partial charge on any atom is -0.316 e. The summed E-state index contributed by atoms with van der Waals surface area (Å²) in [5.41, 5.74) is 9.08. The van der Waals surface area contributed by atoms with Gasteiger partial charge >= 0.3 is 0 Å². The fraction of sp³-hybridized carbons (Fsp3) is 0.500. The van der Waals surface area contributed by atoms with Gasteiger partial charge in [-0.05, 0) is 25.3 Å². The highest BCUT2D eigenvalue weighted by molar-refractivity contribution is 6.04. The second kappa shape index (κ2) is 4.49. The van der Waals surface area contributed by atoms with E-state index in [1.54, 1.807) is 0 Å². The molecule has 0 saturated carbocycles. The molecule has 0 fully saturated rings. The number of anilines is 1. The molecule has 0 bridgehead atoms. The van der Waals surface area contributed by atoms with E-state index in [0.717, 1.165) is 29.8 Å². The van der Waals surface area contributed by atoms with Crippen molar-refractivity contribution >= 4 is 11.6 Å². The topological polar surface area (TPSA) is 46.3 Å². The predicted octanol–water partition coefficient (Wildman–Crippen LogP) is 2.39. The summed E-state index contributed by atoms with van der Waals surface area (Å²) >= 11 is 0. The van der Waals surface area contributed by atoms with Gasteiger partial charge in [-0.2, -0.15) is 0 Å². The zero-order valence-electron chi connectivity index (χ0n) is 10.7. The van der Waals surface area contributed by atoms with Crippen molar-refractivity contribution in [2.24, 2.45) is 11.7 Å². The number of carbonyl (C=O) groups excluding carboxylic acids is 1. The summed E-state index contributed by atoms with van der Waals surface area (Å²) < 4.78 is 0. The molecule has 1 heterocycles. The first kappa shape index (κ1) is 12.1. The van der Waals surface area contributed by atoms with Crippen molar-refractivity contribution in [3.05, 3.63) is 29.3 Å². The monoisotopic (exact) mass is 232 g/mol. The zero-order chi connectivity index (χ0) is 12.6. The quantitative estimate of drug-likeness (QED) is 0.869. The molecule has 1 unspecified atom stereocenters. The summed E-state index contributed by atoms with van der Waals surface area (Å²) in [7, 11) is 0. The van der Waals surface area contributed by atoms with Gasteiger partial charge in [-0.25, -0.2) is 0 Å². The number of nitrogens with zero attached hydrogens (tertiary/aromatic N) is 1. The second-order valence-corrected chi connectivity index (χ2v) is 5.21. The molecule has 0 spiro atoms. The van der Waals surface area contributed by atoms with E-state index in [0.29, 0.717) is 5.92 Å². The van der Waals surface area contributed by atoms with Crippen molar-refractivity contribution in [1.82, 2.24) is 0 Å². The van der Waals surface area contributed by atoms with Gasteiger partial charge < -0.3 is 10.6 Å². The number of rotatable bonds is 3. The normalized spacial score (nSPS) is 19.0. The lowest BCUT2D eigenvalue weighted by molar-refractivity contribution is -0.119. The van der Waals surface area contributed by atoms with E-state index >= 15 is 0 Å². The molecule has 2 rings (SSSR count). The van der Waals surface area contributed by atoms with E-state index in [-0.39, 0.29) is 5.91 Å². The highest BCUT2D eigenvalue weighted by atomic mass is 16.2. The smallest absolute Gasteiger partial charge is 0.248 e. The molecular formula is C14H20N2O. The number of carbonyl (C=O) groups is 1. The maximum atomic E-state index is 12.1. The van der Waals surface area contributed by atoms with E-state index in [1.807, 2.05) is 30.0 Å². The SMILES string of the molecule is Cc1ccc2c(c1)C(N)C(=O)N2CCC(C)C. The number of hydrogen-bond donors (Lipinski definition) is 1. The second-order valence-electron chi connectivity index (χ2n) is 5.21. The fourth-order valence-electron chi connectivity index (χ4n) is 2.21. The molecule has 0 radical (unpaired) electrons. The highest BCUT2D eigenvalue weighted by Crippen LogP contribution is 2.35. The molecule has 2 N–H and O–H groups in total. The zero-order valence-corrected chi connectivity index (χ0v) is 10.7. The average Bonchev–Trinajstić information content (AvgIpc) is 2.50. The minimum atomic E-state index is -0.475. The first-order valence-electron chi connectivity index (χ1n) is 6.18. The van der Waals surface area contributed by atoms with Gasteiger partial charge in [-0.1, -0.05) is 31.5 Å². The molecule has 17 heavy (non-hydrogen) atoms. The molecule has 3 heteroatoms. The Labute approximate surface area is 103 Å². The van der Waals surface area contributed by atoms with Gasteiger partial charge in [0.2, 0.25) is 5.91 Å². The molecule has 92 valence electrons. The summed E-state index contributed by atoms with van der Waals surface area (Å²) in [6.45, 7) is 7.11. The molecular weight excluding hydrogens is 212 g/mol. The fourth-order valence-corrected chi connectivity index (χ4v) is 2.21. The van der Waals surface area contributed by atoms with Crippen LogP contribution in [0.1, 0.15) is 37.4 Å². The lowest BCUT2D eigenvalue weighted by Gasteiger charge is -2.18. The van der Waals surface area contributed by atoms with Crippen LogP contribution >= 0.6 is 0 Å². The van der Waals surface area contributed by atoms with Gasteiger partial charge in [0.25, 0.3) is 0 Å². The molecule has 0 aliphatic carbocycles. The Morgan fingerprint density at radius 2 is 2.12 bits per heavy atom. The predicted molar refractivity (Wildman–Crippen MR) is 69.9 cm³/mol. The minimum absolute atomic E-state index is 0.0336. The van der Waals surface area contributed by atoms with E-state index in [4.69, 9.17) is 5.73 Å². The van der Waals surface area contributed by atoms with Crippen LogP contribution in [0.15, 0.2) is 18.2 Å². The molecule has 3 nitrogen and oxygen atoms in total. The van der Waals surface area contributed by atoms with Gasteiger partial charge in [0.15, 0.2) is 0 Å². The lowest BCUT2D eigenvalue weighted by atomic mass is 10.1. The van der Waals surface area contributed by atoms with E-state index in [2.05, 4.69) is 13.8 Å². The van der Waals surface area contributed by atoms with Crippen molar-refractivity contribution in [1.29, 1.82) is 0 Å². The van der Waals surface area contributed by atoms with Crippen molar-refractivity contribution in [2.45, 2.75) is 33.2 Å². The van der Waals surface area contributed by atoms with Crippen LogP contribution in [-0.4, -0.2) is 12.5 Å². The van der Waals surface area contributed by atoms with Gasteiger partial charge in [-0.3, -0.25) is 4.79 Å². The Kier molecular flexibility index (Phi) is 3.20. The summed E-state index contributed by atoms with van der Waals surface area (Å²) in [6, 6.07) is 5.59. The molecule has 1 aliphatic heterocycles. The Hall–Kier alpha value is -1.35. The number of fused-ring (bicyclic) bond motifs is 1. The third kappa shape index (κ3) is 2.20. The molecule has 1 aromatic rings. The number of amides is 1. The van der Waals surface area contributed by atoms with Crippen molar-refractivity contribution < 1.29 is 4.79 Å². The standard InChI is InChI=1S/C14H20N2O/c1-9(2)6-7-16-12-5-4-10(3)8-11(12)13(15)14(16)17/h4-5,8-9,13H,6-7,15H2,1-3H3. The van der Waals surface area contributed by atoms with Crippen molar-refractivity contribution in [3.63, 3.8) is 0 Å². The molecule has 1 aromatic carbocycles. The third-order valence-electron chi connectivity index (χ3n) is 3.27. The maximum absolute atomic E-state index is 12.1. The summed E-state index contributed by atoms with van der Waals surface area (Å²) in [5.74, 6) is 0.625. The van der Waals surface area contributed by atoms with E-state index in [9.17, 15) is 4.79 Å². The van der Waals surface area contributed by atoms with Crippen molar-refractivity contribution in [3.8, 4) is 0 Å². The first-order chi connectivity index (χ1) is 8.00. The summed E-state index contributed by atoms with van der Waals surface area (Å²) in [5, 5.41) is 0. The Morgan fingerprint density at radius 1 is 1.41 bits per heavy atom. The molecule has 0 aromatic heterocycles. The van der Waals surface area contributed by atoms with Crippen LogP contribution in [0.3, 0.4) is 0 Å². The largest absolute Gasteiger partial charge is 0.316 e. The van der Waals surface area contributed by atoms with Gasteiger partial charge in [0.05, 0.1) is 0 Å². The first-order valence-corrected chi connectivity index (χ1v) is 6.18. The lowest BCUT2D eigenvalue weighted by Crippen LogP contribution is -2.33. The van der Waals surface area contributed by atoms with Gasteiger partial charge in [-0.15, -0.1) is 0 Å². The highest BCUT2D eigenvalue weighted by Gasteiger charge is 2.34. The summed E-state index contributed by atoms with van der Waals surface area (Å²) in [6.07, 6.45) is 1.01. The van der Waals surface area contributed by atoms with Gasteiger partial charge in [0, 0.05) is 17.8 Å². The Balaban J connectivity index is 2.28. The van der Waals surface area contributed by atoms with E-state index < -0.39 is 6.04 Å². The van der Waals surface area contributed by atoms with Crippen LogP contribution in [0.4, 0.5) is 5.69 Å². The van der Waals surface area contributed by atoms with Gasteiger partial charge in [0.1, 0.15) is 6.04 Å². The van der Waals surface area contributed by atoms with Crippen molar-refractivity contribution in [2.75, 3.05) is 11.4 Å². The van der Waals surface area contributed by atoms with E-state index in [1.165, 1.54) is 0 Å². The number of benzene rings is 1. The van der Waals surface area contributed by atoms with Crippen LogP contribution in [0.2, 0.25) is 0 Å². The molecule has 0 saturated heterocycles. The maximum Gasteiger partial charge on any atom is 0.248 e.